The van der Waals surface area contributed by atoms with Crippen molar-refractivity contribution in [3.05, 3.63) is 53.1 Å². The van der Waals surface area contributed by atoms with Crippen molar-refractivity contribution in [2.24, 2.45) is 5.92 Å². The van der Waals surface area contributed by atoms with E-state index in [2.05, 4.69) is 5.32 Å². The number of carbonyl (C=O) groups excluding carboxylic acids is 1. The van der Waals surface area contributed by atoms with E-state index in [1.165, 1.54) is 13.2 Å². The Labute approximate surface area is 178 Å². The van der Waals surface area contributed by atoms with Crippen molar-refractivity contribution < 1.29 is 32.6 Å². The molecule has 5 nitrogen and oxygen atoms in total. The first-order chi connectivity index (χ1) is 14.7. The van der Waals surface area contributed by atoms with E-state index in [-0.39, 0.29) is 30.4 Å². The maximum atomic E-state index is 13.3. The van der Waals surface area contributed by atoms with Crippen molar-refractivity contribution in [2.45, 2.75) is 44.8 Å². The molecule has 8 heteroatoms. The summed E-state index contributed by atoms with van der Waals surface area (Å²) in [6.45, 7) is -0.0686. The highest BCUT2D eigenvalue weighted by atomic mass is 19.4. The van der Waals surface area contributed by atoms with Crippen molar-refractivity contribution in [2.75, 3.05) is 7.11 Å². The molecule has 3 rings (SSSR count). The molecule has 1 fully saturated rings. The van der Waals surface area contributed by atoms with Crippen LogP contribution < -0.4 is 10.1 Å². The summed E-state index contributed by atoms with van der Waals surface area (Å²) in [5, 5.41) is 11.9. The minimum Gasteiger partial charge on any atom is -0.496 e. The van der Waals surface area contributed by atoms with Gasteiger partial charge in [0.1, 0.15) is 5.75 Å². The van der Waals surface area contributed by atoms with Crippen LogP contribution in [0.25, 0.3) is 11.1 Å². The minimum atomic E-state index is -4.53. The molecule has 0 spiro atoms. The Morgan fingerprint density at radius 1 is 1.10 bits per heavy atom. The van der Waals surface area contributed by atoms with Crippen LogP contribution in [-0.2, 0) is 28.7 Å². The SMILES string of the molecule is COc1ccc(CC(=O)O)cc1-c1ccc(C(F)(F)F)cc1CNC(=O)C1CCCC1. The van der Waals surface area contributed by atoms with Crippen molar-refractivity contribution in [1.29, 1.82) is 0 Å². The van der Waals surface area contributed by atoms with E-state index in [0.29, 0.717) is 22.4 Å². The number of alkyl halides is 3. The van der Waals surface area contributed by atoms with Crippen molar-refractivity contribution in [3.63, 3.8) is 0 Å². The zero-order valence-corrected chi connectivity index (χ0v) is 17.1. The van der Waals surface area contributed by atoms with E-state index in [1.807, 2.05) is 0 Å². The van der Waals surface area contributed by atoms with Gasteiger partial charge in [0.25, 0.3) is 0 Å². The first-order valence-electron chi connectivity index (χ1n) is 10.1. The number of rotatable bonds is 7. The molecule has 0 radical (unpaired) electrons. The van der Waals surface area contributed by atoms with Gasteiger partial charge in [-0.05, 0) is 53.8 Å². The Kier molecular flexibility index (Phi) is 6.87. The molecule has 0 aromatic heterocycles. The summed E-state index contributed by atoms with van der Waals surface area (Å²) < 4.78 is 45.3. The molecule has 0 aliphatic heterocycles. The molecule has 1 saturated carbocycles. The molecule has 0 heterocycles. The second kappa shape index (κ2) is 9.41. The summed E-state index contributed by atoms with van der Waals surface area (Å²) in [4.78, 5) is 23.5. The lowest BCUT2D eigenvalue weighted by molar-refractivity contribution is -0.138. The third-order valence-corrected chi connectivity index (χ3v) is 5.52. The lowest BCUT2D eigenvalue weighted by Crippen LogP contribution is -2.29. The molecule has 2 aromatic carbocycles. The molecule has 1 aliphatic carbocycles. The molecule has 0 atom stereocenters. The number of carboxylic acid groups (broad SMARTS) is 1. The number of nitrogens with one attached hydrogen (secondary N) is 1. The van der Waals surface area contributed by atoms with Crippen LogP contribution in [0.1, 0.15) is 42.4 Å². The van der Waals surface area contributed by atoms with Crippen molar-refractivity contribution in [3.8, 4) is 16.9 Å². The van der Waals surface area contributed by atoms with E-state index in [9.17, 15) is 22.8 Å². The summed E-state index contributed by atoms with van der Waals surface area (Å²) >= 11 is 0. The van der Waals surface area contributed by atoms with Gasteiger partial charge in [-0.3, -0.25) is 9.59 Å². The first kappa shape index (κ1) is 22.7. The van der Waals surface area contributed by atoms with Crippen molar-refractivity contribution >= 4 is 11.9 Å². The standard InChI is InChI=1S/C23H24F3NO4/c1-31-20-9-6-14(11-21(28)29)10-19(20)18-8-7-17(23(24,25)26)12-16(18)13-27-22(30)15-4-2-3-5-15/h6-10,12,15H,2-5,11,13H2,1H3,(H,27,30)(H,28,29). The van der Waals surface area contributed by atoms with Gasteiger partial charge in [-0.1, -0.05) is 25.0 Å². The van der Waals surface area contributed by atoms with E-state index in [4.69, 9.17) is 9.84 Å². The summed E-state index contributed by atoms with van der Waals surface area (Å²) in [5.41, 5.74) is 0.877. The number of ether oxygens (including phenoxy) is 1. The molecular weight excluding hydrogens is 411 g/mol. The highest BCUT2D eigenvalue weighted by Crippen LogP contribution is 2.37. The molecule has 31 heavy (non-hydrogen) atoms. The second-order valence-electron chi connectivity index (χ2n) is 7.67. The summed E-state index contributed by atoms with van der Waals surface area (Å²) in [7, 11) is 1.43. The molecule has 0 unspecified atom stereocenters. The molecule has 166 valence electrons. The smallest absolute Gasteiger partial charge is 0.416 e. The van der Waals surface area contributed by atoms with Gasteiger partial charge < -0.3 is 15.2 Å². The van der Waals surface area contributed by atoms with Crippen LogP contribution in [0.15, 0.2) is 36.4 Å². The quantitative estimate of drug-likeness (QED) is 0.654. The largest absolute Gasteiger partial charge is 0.496 e. The lowest BCUT2D eigenvalue weighted by atomic mass is 9.94. The van der Waals surface area contributed by atoms with Crippen LogP contribution in [0.3, 0.4) is 0 Å². The summed E-state index contributed by atoms with van der Waals surface area (Å²) in [6, 6.07) is 8.11. The average Bonchev–Trinajstić information content (AvgIpc) is 3.25. The number of carbonyl (C=O) groups is 2. The third-order valence-electron chi connectivity index (χ3n) is 5.52. The van der Waals surface area contributed by atoms with Gasteiger partial charge in [-0.15, -0.1) is 0 Å². The maximum Gasteiger partial charge on any atom is 0.416 e. The summed E-state index contributed by atoms with van der Waals surface area (Å²) in [6.07, 6.45) is -1.25. The van der Waals surface area contributed by atoms with Gasteiger partial charge >= 0.3 is 12.1 Å². The van der Waals surface area contributed by atoms with Gasteiger partial charge in [-0.2, -0.15) is 13.2 Å². The summed E-state index contributed by atoms with van der Waals surface area (Å²) in [5.74, 6) is -0.889. The fourth-order valence-electron chi connectivity index (χ4n) is 3.94. The molecule has 2 N–H and O–H groups in total. The number of hydrogen-bond donors (Lipinski definition) is 2. The van der Waals surface area contributed by atoms with E-state index in [0.717, 1.165) is 37.8 Å². The number of amides is 1. The van der Waals surface area contributed by atoms with Gasteiger partial charge in [0, 0.05) is 18.0 Å². The van der Waals surface area contributed by atoms with E-state index in [1.54, 1.807) is 18.2 Å². The zero-order chi connectivity index (χ0) is 22.6. The Balaban J connectivity index is 2.00. The van der Waals surface area contributed by atoms with E-state index < -0.39 is 17.7 Å². The Morgan fingerprint density at radius 3 is 2.42 bits per heavy atom. The van der Waals surface area contributed by atoms with Gasteiger partial charge in [0.15, 0.2) is 0 Å². The fraction of sp³-hybridized carbons (Fsp3) is 0.391. The maximum absolute atomic E-state index is 13.3. The fourth-order valence-corrected chi connectivity index (χ4v) is 3.94. The van der Waals surface area contributed by atoms with Crippen LogP contribution in [-0.4, -0.2) is 24.1 Å². The Bertz CT molecular complexity index is 966. The number of hydrogen-bond acceptors (Lipinski definition) is 3. The van der Waals surface area contributed by atoms with Crippen LogP contribution in [0, 0.1) is 5.92 Å². The highest BCUT2D eigenvalue weighted by molar-refractivity contribution is 5.80. The second-order valence-corrected chi connectivity index (χ2v) is 7.67. The van der Waals surface area contributed by atoms with Gasteiger partial charge in [0.05, 0.1) is 19.1 Å². The molecule has 1 amide bonds. The topological polar surface area (TPSA) is 75.6 Å². The Morgan fingerprint density at radius 2 is 1.81 bits per heavy atom. The van der Waals surface area contributed by atoms with Crippen LogP contribution in [0.5, 0.6) is 5.75 Å². The van der Waals surface area contributed by atoms with Gasteiger partial charge in [0.2, 0.25) is 5.91 Å². The highest BCUT2D eigenvalue weighted by Gasteiger charge is 2.31. The molecular formula is C23H24F3NO4. The average molecular weight is 435 g/mol. The molecule has 2 aromatic rings. The third kappa shape index (κ3) is 5.57. The van der Waals surface area contributed by atoms with Crippen LogP contribution >= 0.6 is 0 Å². The Hall–Kier alpha value is -3.03. The minimum absolute atomic E-state index is 0.0686. The number of aliphatic carboxylic acids is 1. The van der Waals surface area contributed by atoms with Gasteiger partial charge in [-0.25, -0.2) is 0 Å². The monoisotopic (exact) mass is 435 g/mol. The predicted octanol–water partition coefficient (Wildman–Crippen LogP) is 4.81. The molecule has 0 saturated heterocycles. The molecule has 1 aliphatic rings. The van der Waals surface area contributed by atoms with Crippen molar-refractivity contribution in [1.82, 2.24) is 5.32 Å². The zero-order valence-electron chi connectivity index (χ0n) is 17.1. The number of methoxy groups -OCH3 is 1. The van der Waals surface area contributed by atoms with E-state index >= 15 is 0 Å². The normalized spacial score (nSPS) is 14.5. The number of carboxylic acids is 1. The molecule has 0 bridgehead atoms. The van der Waals surface area contributed by atoms with Crippen LogP contribution in [0.4, 0.5) is 13.2 Å². The lowest BCUT2D eigenvalue weighted by Gasteiger charge is -2.18. The number of halogens is 3. The van der Waals surface area contributed by atoms with Crippen LogP contribution in [0.2, 0.25) is 0 Å². The first-order valence-corrected chi connectivity index (χ1v) is 10.1. The number of benzene rings is 2. The predicted molar refractivity (Wildman–Crippen MR) is 109 cm³/mol.